The van der Waals surface area contributed by atoms with Crippen LogP contribution < -0.4 is 20.7 Å². The van der Waals surface area contributed by atoms with Gasteiger partial charge in [-0.2, -0.15) is 4.98 Å². The number of aliphatic hydroxyl groups excluding tert-OH is 1. The molecule has 0 aliphatic heterocycles. The molecule has 0 aliphatic carbocycles. The van der Waals surface area contributed by atoms with Gasteiger partial charge >= 0.3 is 5.69 Å². The average Bonchev–Trinajstić information content (AvgIpc) is 3.26. The minimum atomic E-state index is -0.466. The highest BCUT2D eigenvalue weighted by atomic mass is 16.5. The van der Waals surface area contributed by atoms with E-state index < -0.39 is 11.2 Å². The van der Waals surface area contributed by atoms with E-state index in [1.807, 2.05) is 23.6 Å². The summed E-state index contributed by atoms with van der Waals surface area (Å²) in [5, 5.41) is 9.11. The Kier molecular flexibility index (Phi) is 4.86. The molecule has 0 fully saturated rings. The van der Waals surface area contributed by atoms with Gasteiger partial charge in [-0.25, -0.2) is 4.79 Å². The maximum atomic E-state index is 13.1. The largest absolute Gasteiger partial charge is 0.497 e. The van der Waals surface area contributed by atoms with Gasteiger partial charge in [-0.05, 0) is 25.5 Å². The predicted molar refractivity (Wildman–Crippen MR) is 111 cm³/mol. The van der Waals surface area contributed by atoms with Gasteiger partial charge in [-0.1, -0.05) is 0 Å². The van der Waals surface area contributed by atoms with Crippen LogP contribution in [-0.4, -0.2) is 49.0 Å². The highest BCUT2D eigenvalue weighted by Gasteiger charge is 2.22. The number of nitrogens with zero attached hydrogens (tertiary/aromatic N) is 5. The molecule has 0 saturated carbocycles. The van der Waals surface area contributed by atoms with Crippen molar-refractivity contribution in [2.45, 2.75) is 19.9 Å². The smallest absolute Gasteiger partial charge is 0.332 e. The van der Waals surface area contributed by atoms with E-state index >= 15 is 0 Å². The van der Waals surface area contributed by atoms with Crippen molar-refractivity contribution in [3.8, 4) is 17.2 Å². The highest BCUT2D eigenvalue weighted by Crippen LogP contribution is 2.31. The van der Waals surface area contributed by atoms with Gasteiger partial charge in [0, 0.05) is 38.2 Å². The van der Waals surface area contributed by atoms with Crippen molar-refractivity contribution in [3.63, 3.8) is 0 Å². The van der Waals surface area contributed by atoms with Gasteiger partial charge in [0.25, 0.3) is 5.56 Å². The van der Waals surface area contributed by atoms with Crippen molar-refractivity contribution in [1.82, 2.24) is 23.1 Å². The zero-order chi connectivity index (χ0) is 21.6. The fourth-order valence-electron chi connectivity index (χ4n) is 3.70. The van der Waals surface area contributed by atoms with Crippen LogP contribution in [0, 0.1) is 6.92 Å². The Balaban J connectivity index is 2.06. The number of aryl methyl sites for hydroxylation is 2. The van der Waals surface area contributed by atoms with Crippen LogP contribution in [0.15, 0.2) is 34.0 Å². The van der Waals surface area contributed by atoms with E-state index in [1.165, 1.54) is 4.57 Å². The minimum absolute atomic E-state index is 0.109. The van der Waals surface area contributed by atoms with Gasteiger partial charge in [-0.3, -0.25) is 22.9 Å². The molecule has 158 valence electrons. The third kappa shape index (κ3) is 2.79. The van der Waals surface area contributed by atoms with Gasteiger partial charge in [0.15, 0.2) is 11.2 Å². The van der Waals surface area contributed by atoms with Gasteiger partial charge in [0.05, 0.1) is 19.9 Å². The number of hydrogen-bond donors (Lipinski definition) is 1. The third-order valence-corrected chi connectivity index (χ3v) is 5.19. The lowest BCUT2D eigenvalue weighted by Gasteiger charge is -2.12. The number of hydrogen-bond acceptors (Lipinski definition) is 6. The van der Waals surface area contributed by atoms with Crippen LogP contribution in [0.5, 0.6) is 11.5 Å². The summed E-state index contributed by atoms with van der Waals surface area (Å²) in [5.74, 6) is 1.72. The first-order valence-electron chi connectivity index (χ1n) is 9.46. The molecular formula is C20H23N5O5. The Morgan fingerprint density at radius 3 is 2.60 bits per heavy atom. The van der Waals surface area contributed by atoms with E-state index in [2.05, 4.69) is 4.98 Å². The molecule has 0 saturated heterocycles. The van der Waals surface area contributed by atoms with Crippen molar-refractivity contribution in [1.29, 1.82) is 0 Å². The molecule has 10 nitrogen and oxygen atoms in total. The van der Waals surface area contributed by atoms with Crippen molar-refractivity contribution in [3.05, 3.63) is 50.9 Å². The van der Waals surface area contributed by atoms with Crippen LogP contribution in [-0.2, 0) is 13.6 Å². The topological polar surface area (TPSA) is 105 Å². The molecule has 4 aromatic rings. The molecule has 4 rings (SSSR count). The lowest BCUT2D eigenvalue weighted by molar-refractivity contribution is 0.277. The number of methoxy groups -OCH3 is 2. The molecule has 3 heterocycles. The quantitative estimate of drug-likeness (QED) is 0.502. The Morgan fingerprint density at radius 2 is 1.93 bits per heavy atom. The third-order valence-electron chi connectivity index (χ3n) is 5.19. The summed E-state index contributed by atoms with van der Waals surface area (Å²) >= 11 is 0. The van der Waals surface area contributed by atoms with E-state index in [-0.39, 0.29) is 13.2 Å². The Labute approximate surface area is 171 Å². The molecule has 10 heteroatoms. The summed E-state index contributed by atoms with van der Waals surface area (Å²) in [7, 11) is 4.73. The van der Waals surface area contributed by atoms with E-state index in [0.29, 0.717) is 34.9 Å². The summed E-state index contributed by atoms with van der Waals surface area (Å²) in [5.41, 5.74) is 1.26. The predicted octanol–water partition coefficient (Wildman–Crippen LogP) is 0.847. The standard InChI is InChI=1S/C20H23N5O5/c1-12-11-24-16-17(22(2)20(28)23(18(16)27)8-5-9-26)21-19(24)25(12)14-7-6-13(29-3)10-15(14)30-4/h6-7,10-11,26H,5,8-9H2,1-4H3. The second-order valence-electron chi connectivity index (χ2n) is 6.97. The maximum absolute atomic E-state index is 13.1. The molecule has 0 atom stereocenters. The summed E-state index contributed by atoms with van der Waals surface area (Å²) in [6.07, 6.45) is 2.11. The maximum Gasteiger partial charge on any atom is 0.332 e. The second kappa shape index (κ2) is 7.38. The number of aromatic nitrogens is 5. The number of ether oxygens (including phenoxy) is 2. The summed E-state index contributed by atoms with van der Waals surface area (Å²) in [6, 6.07) is 5.43. The summed E-state index contributed by atoms with van der Waals surface area (Å²) in [6.45, 7) is 1.93. The molecule has 0 spiro atoms. The van der Waals surface area contributed by atoms with Crippen molar-refractivity contribution in [2.75, 3.05) is 20.8 Å². The van der Waals surface area contributed by atoms with Gasteiger partial charge in [0.2, 0.25) is 5.78 Å². The van der Waals surface area contributed by atoms with Gasteiger partial charge in [-0.15, -0.1) is 0 Å². The molecular weight excluding hydrogens is 390 g/mol. The molecule has 0 radical (unpaired) electrons. The lowest BCUT2D eigenvalue weighted by atomic mass is 10.2. The molecule has 1 aromatic carbocycles. The molecule has 0 amide bonds. The number of rotatable bonds is 6. The Morgan fingerprint density at radius 1 is 1.17 bits per heavy atom. The average molecular weight is 413 g/mol. The van der Waals surface area contributed by atoms with Crippen LogP contribution in [0.4, 0.5) is 0 Å². The fourth-order valence-corrected chi connectivity index (χ4v) is 3.70. The zero-order valence-corrected chi connectivity index (χ0v) is 17.2. The first kappa shape index (κ1) is 19.8. The number of benzene rings is 1. The zero-order valence-electron chi connectivity index (χ0n) is 17.2. The Hall–Kier alpha value is -3.53. The van der Waals surface area contributed by atoms with Crippen LogP contribution in [0.25, 0.3) is 22.6 Å². The molecule has 3 aromatic heterocycles. The van der Waals surface area contributed by atoms with Crippen molar-refractivity contribution < 1.29 is 14.6 Å². The lowest BCUT2D eigenvalue weighted by Crippen LogP contribution is -2.39. The van der Waals surface area contributed by atoms with E-state index in [0.717, 1.165) is 15.9 Å². The van der Waals surface area contributed by atoms with E-state index in [9.17, 15) is 9.59 Å². The van der Waals surface area contributed by atoms with E-state index in [1.54, 1.807) is 37.9 Å². The van der Waals surface area contributed by atoms with Crippen molar-refractivity contribution >= 4 is 16.9 Å². The van der Waals surface area contributed by atoms with Crippen LogP contribution in [0.1, 0.15) is 12.1 Å². The number of aliphatic hydroxyl groups is 1. The fraction of sp³-hybridized carbons (Fsp3) is 0.350. The summed E-state index contributed by atoms with van der Waals surface area (Å²) < 4.78 is 16.8. The molecule has 0 bridgehead atoms. The molecule has 30 heavy (non-hydrogen) atoms. The Bertz CT molecular complexity index is 1370. The minimum Gasteiger partial charge on any atom is -0.497 e. The SMILES string of the molecule is COc1ccc(-n2c(C)cn3c4c(=O)n(CCCO)c(=O)n(C)c4nc23)c(OC)c1. The normalized spacial score (nSPS) is 11.5. The molecule has 1 N–H and O–H groups in total. The first-order valence-corrected chi connectivity index (χ1v) is 9.46. The first-order chi connectivity index (χ1) is 14.4. The summed E-state index contributed by atoms with van der Waals surface area (Å²) in [4.78, 5) is 30.4. The molecule has 0 aliphatic rings. The molecule has 0 unspecified atom stereocenters. The van der Waals surface area contributed by atoms with Crippen LogP contribution in [0.2, 0.25) is 0 Å². The van der Waals surface area contributed by atoms with Crippen molar-refractivity contribution in [2.24, 2.45) is 7.05 Å². The van der Waals surface area contributed by atoms with E-state index in [4.69, 9.17) is 14.6 Å². The van der Waals surface area contributed by atoms with Gasteiger partial charge < -0.3 is 14.6 Å². The van der Waals surface area contributed by atoms with Crippen LogP contribution >= 0.6 is 0 Å². The second-order valence-corrected chi connectivity index (χ2v) is 6.97. The number of fused-ring (bicyclic) bond motifs is 3. The van der Waals surface area contributed by atoms with Gasteiger partial charge in [0.1, 0.15) is 11.5 Å². The number of imidazole rings is 2. The monoisotopic (exact) mass is 413 g/mol. The van der Waals surface area contributed by atoms with Crippen LogP contribution in [0.3, 0.4) is 0 Å². The highest BCUT2D eigenvalue weighted by molar-refractivity contribution is 5.77.